The number of benzene rings is 2. The van der Waals surface area contributed by atoms with Crippen molar-refractivity contribution >= 4 is 50.7 Å². The van der Waals surface area contributed by atoms with E-state index in [1.807, 2.05) is 0 Å². The molecule has 6 heteroatoms. The zero-order chi connectivity index (χ0) is 14.2. The third kappa shape index (κ3) is 3.16. The van der Waals surface area contributed by atoms with E-state index in [0.29, 0.717) is 20.1 Å². The second-order valence-electron chi connectivity index (χ2n) is 3.81. The molecule has 0 saturated heterocycles. The van der Waals surface area contributed by atoms with Crippen LogP contribution in [0.3, 0.4) is 0 Å². The summed E-state index contributed by atoms with van der Waals surface area (Å²) in [4.78, 5) is 0. The summed E-state index contributed by atoms with van der Waals surface area (Å²) in [6.07, 6.45) is 0. The van der Waals surface area contributed by atoms with Crippen molar-refractivity contribution in [2.75, 3.05) is 0 Å². The predicted octanol–water partition coefficient (Wildman–Crippen LogP) is 6.65. The molecule has 0 atom stereocenters. The molecule has 0 heterocycles. The van der Waals surface area contributed by atoms with Crippen LogP contribution in [0.4, 0.5) is 4.39 Å². The lowest BCUT2D eigenvalue weighted by molar-refractivity contribution is 0.440. The van der Waals surface area contributed by atoms with Gasteiger partial charge in [0.25, 0.3) is 0 Å². The Kier molecular flexibility index (Phi) is 4.62. The molecule has 2 aromatic rings. The molecule has 0 unspecified atom stereocenters. The maximum atomic E-state index is 14.0. The van der Waals surface area contributed by atoms with E-state index >= 15 is 0 Å². The molecule has 0 saturated carbocycles. The van der Waals surface area contributed by atoms with Crippen molar-refractivity contribution in [2.24, 2.45) is 0 Å². The molecule has 1 nitrogen and oxygen atoms in total. The molecule has 0 amide bonds. The zero-order valence-corrected chi connectivity index (χ0v) is 13.5. The van der Waals surface area contributed by atoms with Crippen LogP contribution in [0.25, 0.3) is 0 Å². The molecule has 2 aromatic carbocycles. The Morgan fingerprint density at radius 2 is 1.84 bits per heavy atom. The van der Waals surface area contributed by atoms with E-state index in [2.05, 4.69) is 15.9 Å². The quantitative estimate of drug-likeness (QED) is 0.527. The van der Waals surface area contributed by atoms with Gasteiger partial charge in [0.15, 0.2) is 11.6 Å². The zero-order valence-electron chi connectivity index (χ0n) is 9.61. The number of ether oxygens (including phenoxy) is 1. The van der Waals surface area contributed by atoms with Gasteiger partial charge in [0.2, 0.25) is 0 Å². The largest absolute Gasteiger partial charge is 0.451 e. The van der Waals surface area contributed by atoms with E-state index in [1.165, 1.54) is 6.07 Å². The van der Waals surface area contributed by atoms with Gasteiger partial charge in [0.05, 0.1) is 10.0 Å². The molecule has 0 N–H and O–H groups in total. The summed E-state index contributed by atoms with van der Waals surface area (Å²) in [5, 5.41) is 0.868. The van der Waals surface area contributed by atoms with Crippen LogP contribution in [0.2, 0.25) is 15.1 Å². The molecule has 0 radical (unpaired) electrons. The van der Waals surface area contributed by atoms with Gasteiger partial charge in [-0.15, -0.1) is 0 Å². The molecule has 0 aliphatic rings. The smallest absolute Gasteiger partial charge is 0.181 e. The van der Waals surface area contributed by atoms with Crippen LogP contribution in [0, 0.1) is 12.7 Å². The van der Waals surface area contributed by atoms with Gasteiger partial charge in [-0.3, -0.25) is 0 Å². The SMILES string of the molecule is Cc1ccc(Cl)c(Oc2cc(Cl)cc(Br)c2Cl)c1F. The predicted molar refractivity (Wildman–Crippen MR) is 80.4 cm³/mol. The Morgan fingerprint density at radius 1 is 1.16 bits per heavy atom. The van der Waals surface area contributed by atoms with Crippen LogP contribution in [0.5, 0.6) is 11.5 Å². The highest BCUT2D eigenvalue weighted by Crippen LogP contribution is 2.40. The highest BCUT2D eigenvalue weighted by molar-refractivity contribution is 9.10. The number of aryl methyl sites for hydroxylation is 1. The molecular weight excluding hydrogens is 377 g/mol. The van der Waals surface area contributed by atoms with E-state index in [4.69, 9.17) is 39.5 Å². The Labute approximate surface area is 133 Å². The normalized spacial score (nSPS) is 10.6. The summed E-state index contributed by atoms with van der Waals surface area (Å²) in [6, 6.07) is 6.24. The first-order valence-corrected chi connectivity index (χ1v) is 7.10. The maximum Gasteiger partial charge on any atom is 0.181 e. The highest BCUT2D eigenvalue weighted by atomic mass is 79.9. The maximum absolute atomic E-state index is 14.0. The topological polar surface area (TPSA) is 9.23 Å². The molecule has 0 aliphatic carbocycles. The summed E-state index contributed by atoms with van der Waals surface area (Å²) in [5.41, 5.74) is 0.427. The number of halogens is 5. The summed E-state index contributed by atoms with van der Waals surface area (Å²) in [5.74, 6) is -0.371. The molecule has 0 bridgehead atoms. The van der Waals surface area contributed by atoms with E-state index in [1.54, 1.807) is 25.1 Å². The number of hydrogen-bond donors (Lipinski definition) is 0. The summed E-state index contributed by atoms with van der Waals surface area (Å²) in [6.45, 7) is 1.62. The van der Waals surface area contributed by atoms with Gasteiger partial charge < -0.3 is 4.74 Å². The molecule has 100 valence electrons. The first kappa shape index (κ1) is 14.9. The minimum atomic E-state index is -0.528. The summed E-state index contributed by atoms with van der Waals surface area (Å²) >= 11 is 21.1. The van der Waals surface area contributed by atoms with Crippen molar-refractivity contribution in [2.45, 2.75) is 6.92 Å². The lowest BCUT2D eigenvalue weighted by Crippen LogP contribution is -1.93. The monoisotopic (exact) mass is 382 g/mol. The fourth-order valence-electron chi connectivity index (χ4n) is 1.44. The van der Waals surface area contributed by atoms with Gasteiger partial charge in [-0.1, -0.05) is 40.9 Å². The molecular formula is C13H7BrCl3FO. The fraction of sp³-hybridized carbons (Fsp3) is 0.0769. The van der Waals surface area contributed by atoms with Crippen LogP contribution in [0.1, 0.15) is 5.56 Å². The average molecular weight is 384 g/mol. The average Bonchev–Trinajstić information content (AvgIpc) is 2.35. The van der Waals surface area contributed by atoms with Crippen molar-refractivity contribution in [1.82, 2.24) is 0 Å². The van der Waals surface area contributed by atoms with Gasteiger partial charge in [0.1, 0.15) is 5.75 Å². The van der Waals surface area contributed by atoms with Crippen LogP contribution in [-0.4, -0.2) is 0 Å². The lowest BCUT2D eigenvalue weighted by Gasteiger charge is -2.12. The van der Waals surface area contributed by atoms with E-state index < -0.39 is 5.82 Å². The van der Waals surface area contributed by atoms with Gasteiger partial charge in [-0.2, -0.15) is 0 Å². The molecule has 19 heavy (non-hydrogen) atoms. The highest BCUT2D eigenvalue weighted by Gasteiger charge is 2.16. The van der Waals surface area contributed by atoms with E-state index in [9.17, 15) is 4.39 Å². The van der Waals surface area contributed by atoms with Gasteiger partial charge in [-0.05, 0) is 40.5 Å². The van der Waals surface area contributed by atoms with Gasteiger partial charge in [-0.25, -0.2) is 4.39 Å². The standard InChI is InChI=1S/C13H7BrCl3FO/c1-6-2-3-9(16)13(12(6)18)19-10-5-7(15)4-8(14)11(10)17/h2-5H,1H3. The van der Waals surface area contributed by atoms with Gasteiger partial charge >= 0.3 is 0 Å². The Balaban J connectivity index is 2.51. The lowest BCUT2D eigenvalue weighted by atomic mass is 10.2. The first-order chi connectivity index (χ1) is 8.90. The van der Waals surface area contributed by atoms with Crippen molar-refractivity contribution < 1.29 is 9.13 Å². The second-order valence-corrected chi connectivity index (χ2v) is 5.89. The Hall–Kier alpha value is -0.480. The van der Waals surface area contributed by atoms with Gasteiger partial charge in [0, 0.05) is 15.6 Å². The van der Waals surface area contributed by atoms with E-state index in [-0.39, 0.29) is 16.5 Å². The van der Waals surface area contributed by atoms with Crippen LogP contribution in [-0.2, 0) is 0 Å². The van der Waals surface area contributed by atoms with Crippen molar-refractivity contribution in [3.63, 3.8) is 0 Å². The molecule has 0 aliphatic heterocycles. The third-order valence-corrected chi connectivity index (χ3v) is 4.17. The molecule has 0 fully saturated rings. The van der Waals surface area contributed by atoms with E-state index in [0.717, 1.165) is 0 Å². The van der Waals surface area contributed by atoms with Crippen LogP contribution < -0.4 is 4.74 Å². The Morgan fingerprint density at radius 3 is 2.53 bits per heavy atom. The summed E-state index contributed by atoms with van der Waals surface area (Å²) < 4.78 is 20.0. The third-order valence-electron chi connectivity index (χ3n) is 2.41. The van der Waals surface area contributed by atoms with Crippen molar-refractivity contribution in [3.05, 3.63) is 55.2 Å². The molecule has 0 aromatic heterocycles. The number of hydrogen-bond acceptors (Lipinski definition) is 1. The fourth-order valence-corrected chi connectivity index (χ4v) is 2.56. The minimum absolute atomic E-state index is 0.0715. The minimum Gasteiger partial charge on any atom is -0.451 e. The summed E-state index contributed by atoms with van der Waals surface area (Å²) in [7, 11) is 0. The molecule has 2 rings (SSSR count). The molecule has 0 spiro atoms. The Bertz CT molecular complexity index is 646. The van der Waals surface area contributed by atoms with Crippen molar-refractivity contribution in [3.8, 4) is 11.5 Å². The van der Waals surface area contributed by atoms with Crippen LogP contribution >= 0.6 is 50.7 Å². The van der Waals surface area contributed by atoms with Crippen molar-refractivity contribution in [1.29, 1.82) is 0 Å². The second kappa shape index (κ2) is 5.88. The van der Waals surface area contributed by atoms with Crippen LogP contribution in [0.15, 0.2) is 28.7 Å². The number of rotatable bonds is 2. The first-order valence-electron chi connectivity index (χ1n) is 5.17.